The minimum absolute atomic E-state index is 0.0977. The van der Waals surface area contributed by atoms with Gasteiger partial charge in [-0.2, -0.15) is 0 Å². The van der Waals surface area contributed by atoms with E-state index in [0.717, 1.165) is 0 Å². The lowest BCUT2D eigenvalue weighted by Gasteiger charge is -2.42. The molecule has 55 heavy (non-hydrogen) atoms. The van der Waals surface area contributed by atoms with Crippen molar-refractivity contribution in [1.29, 1.82) is 0 Å². The van der Waals surface area contributed by atoms with Crippen LogP contribution in [0.4, 0.5) is 17.1 Å². The number of para-hydroxylation sites is 2. The topological polar surface area (TPSA) is 3.24 Å². The zero-order valence-electron chi connectivity index (χ0n) is 31.7. The minimum Gasteiger partial charge on any atom is -0.309 e. The molecule has 0 saturated carbocycles. The lowest BCUT2D eigenvalue weighted by Crippen LogP contribution is -2.58. The van der Waals surface area contributed by atoms with Crippen molar-refractivity contribution in [3.05, 3.63) is 187 Å². The maximum atomic E-state index is 2.59. The summed E-state index contributed by atoms with van der Waals surface area (Å²) < 4.78 is 0. The van der Waals surface area contributed by atoms with Gasteiger partial charge in [-0.15, -0.1) is 0 Å². The molecule has 0 N–H and O–H groups in total. The van der Waals surface area contributed by atoms with Crippen LogP contribution in [0.1, 0.15) is 25.0 Å². The largest absolute Gasteiger partial charge is 0.309 e. The SMILES string of the molecule is CC1(C)c2ccccc2-c2ccc(-c3c4ccccc4c(N4c5ccccc5[Si](C)(C)c5ccccc54)c4ccc(-c5cccc6ccccc56)cc34)cc21. The molecule has 9 aromatic rings. The molecule has 0 radical (unpaired) electrons. The second-order valence-electron chi connectivity index (χ2n) is 16.5. The third-order valence-electron chi connectivity index (χ3n) is 12.8. The summed E-state index contributed by atoms with van der Waals surface area (Å²) in [6, 6.07) is 66.4. The van der Waals surface area contributed by atoms with Gasteiger partial charge in [0.2, 0.25) is 0 Å². The summed E-state index contributed by atoms with van der Waals surface area (Å²) >= 11 is 0. The highest BCUT2D eigenvalue weighted by Crippen LogP contribution is 2.53. The molecule has 0 fully saturated rings. The van der Waals surface area contributed by atoms with Gasteiger partial charge in [-0.05, 0) is 101 Å². The van der Waals surface area contributed by atoms with Crippen molar-refractivity contribution >= 4 is 67.8 Å². The second kappa shape index (κ2) is 11.6. The summed E-state index contributed by atoms with van der Waals surface area (Å²) in [5, 5.41) is 10.5. The average molecular weight is 720 g/mol. The van der Waals surface area contributed by atoms with Crippen LogP contribution < -0.4 is 15.3 Å². The van der Waals surface area contributed by atoms with Crippen LogP contribution in [-0.2, 0) is 5.41 Å². The molecule has 1 nitrogen and oxygen atoms in total. The van der Waals surface area contributed by atoms with Gasteiger partial charge in [-0.3, -0.25) is 0 Å². The van der Waals surface area contributed by atoms with E-state index in [1.54, 1.807) is 0 Å². The van der Waals surface area contributed by atoms with Crippen molar-refractivity contribution in [3.8, 4) is 33.4 Å². The Morgan fingerprint density at radius 1 is 0.418 bits per heavy atom. The van der Waals surface area contributed by atoms with Gasteiger partial charge >= 0.3 is 0 Å². The van der Waals surface area contributed by atoms with Crippen LogP contribution in [0.2, 0.25) is 13.1 Å². The van der Waals surface area contributed by atoms with E-state index in [1.165, 1.54) is 104 Å². The average Bonchev–Trinajstić information content (AvgIpc) is 3.45. The van der Waals surface area contributed by atoms with Crippen LogP contribution in [0.25, 0.3) is 65.7 Å². The number of rotatable bonds is 3. The molecule has 11 rings (SSSR count). The number of nitrogens with zero attached hydrogens (tertiary/aromatic N) is 1. The summed E-state index contributed by atoms with van der Waals surface area (Å²) in [5.74, 6) is 0. The van der Waals surface area contributed by atoms with Crippen LogP contribution in [0.3, 0.4) is 0 Å². The highest BCUT2D eigenvalue weighted by atomic mass is 28.3. The Labute approximate surface area is 324 Å². The van der Waals surface area contributed by atoms with Crippen LogP contribution in [0.15, 0.2) is 176 Å². The number of hydrogen-bond donors (Lipinski definition) is 0. The summed E-state index contributed by atoms with van der Waals surface area (Å²) in [4.78, 5) is 2.59. The van der Waals surface area contributed by atoms with Gasteiger partial charge in [0.05, 0.1) is 5.69 Å². The Kier molecular flexibility index (Phi) is 6.82. The van der Waals surface area contributed by atoms with Crippen molar-refractivity contribution in [1.82, 2.24) is 0 Å². The predicted molar refractivity (Wildman–Crippen MR) is 239 cm³/mol. The van der Waals surface area contributed by atoms with E-state index in [4.69, 9.17) is 0 Å². The lowest BCUT2D eigenvalue weighted by atomic mass is 9.80. The molecule has 262 valence electrons. The Morgan fingerprint density at radius 2 is 0.982 bits per heavy atom. The van der Waals surface area contributed by atoms with Crippen molar-refractivity contribution in [2.24, 2.45) is 0 Å². The van der Waals surface area contributed by atoms with Gasteiger partial charge in [0, 0.05) is 27.6 Å². The summed E-state index contributed by atoms with van der Waals surface area (Å²) in [6.45, 7) is 9.78. The first kappa shape index (κ1) is 32.2. The van der Waals surface area contributed by atoms with E-state index in [1.807, 2.05) is 0 Å². The normalized spacial score (nSPS) is 14.8. The molecule has 1 aliphatic heterocycles. The van der Waals surface area contributed by atoms with E-state index in [0.29, 0.717) is 0 Å². The van der Waals surface area contributed by atoms with Crippen molar-refractivity contribution in [3.63, 3.8) is 0 Å². The summed E-state index contributed by atoms with van der Waals surface area (Å²) in [5.41, 5.74) is 14.3. The molecule has 2 aliphatic rings. The quantitative estimate of drug-likeness (QED) is 0.130. The fraction of sp³-hybridized carbons (Fsp3) is 0.0943. The minimum atomic E-state index is -1.98. The van der Waals surface area contributed by atoms with Crippen molar-refractivity contribution in [2.75, 3.05) is 4.90 Å². The molecular weight excluding hydrogens is 679 g/mol. The second-order valence-corrected chi connectivity index (χ2v) is 20.8. The number of anilines is 3. The molecule has 2 heteroatoms. The molecule has 1 aliphatic carbocycles. The van der Waals surface area contributed by atoms with Crippen molar-refractivity contribution in [2.45, 2.75) is 32.4 Å². The van der Waals surface area contributed by atoms with E-state index < -0.39 is 8.07 Å². The molecule has 1 heterocycles. The van der Waals surface area contributed by atoms with Gasteiger partial charge in [0.15, 0.2) is 0 Å². The third-order valence-corrected chi connectivity index (χ3v) is 16.4. The Bertz CT molecular complexity index is 3000. The maximum absolute atomic E-state index is 2.59. The Hall–Kier alpha value is -6.22. The molecule has 0 aromatic heterocycles. The van der Waals surface area contributed by atoms with E-state index in [9.17, 15) is 0 Å². The number of benzene rings is 9. The molecule has 9 aromatic carbocycles. The predicted octanol–water partition coefficient (Wildman–Crippen LogP) is 13.4. The third kappa shape index (κ3) is 4.52. The zero-order valence-corrected chi connectivity index (χ0v) is 32.7. The summed E-state index contributed by atoms with van der Waals surface area (Å²) in [6.07, 6.45) is 0. The van der Waals surface area contributed by atoms with Gasteiger partial charge in [-0.25, -0.2) is 0 Å². The van der Waals surface area contributed by atoms with Gasteiger partial charge in [-0.1, -0.05) is 179 Å². The molecule has 0 atom stereocenters. The van der Waals surface area contributed by atoms with E-state index in [2.05, 4.69) is 208 Å². The summed E-state index contributed by atoms with van der Waals surface area (Å²) in [7, 11) is -1.98. The molecule has 0 saturated heterocycles. The van der Waals surface area contributed by atoms with Crippen LogP contribution in [0, 0.1) is 0 Å². The Morgan fingerprint density at radius 3 is 1.76 bits per heavy atom. The van der Waals surface area contributed by atoms with E-state index in [-0.39, 0.29) is 5.41 Å². The Balaban J connectivity index is 1.27. The van der Waals surface area contributed by atoms with Gasteiger partial charge in [0.25, 0.3) is 0 Å². The highest BCUT2D eigenvalue weighted by Gasteiger charge is 2.40. The van der Waals surface area contributed by atoms with Gasteiger partial charge < -0.3 is 4.90 Å². The fourth-order valence-electron chi connectivity index (χ4n) is 10.1. The maximum Gasteiger partial charge on any atom is 0.117 e. The molecule has 0 amide bonds. The highest BCUT2D eigenvalue weighted by molar-refractivity contribution is 7.02. The molecule has 0 bridgehead atoms. The van der Waals surface area contributed by atoms with E-state index >= 15 is 0 Å². The smallest absolute Gasteiger partial charge is 0.117 e. The first-order valence-electron chi connectivity index (χ1n) is 19.5. The first-order valence-corrected chi connectivity index (χ1v) is 22.5. The van der Waals surface area contributed by atoms with Crippen LogP contribution in [-0.4, -0.2) is 8.07 Å². The monoisotopic (exact) mass is 719 g/mol. The molecule has 0 unspecified atom stereocenters. The van der Waals surface area contributed by atoms with Gasteiger partial charge in [0.1, 0.15) is 8.07 Å². The number of fused-ring (bicyclic) bond motifs is 8. The molecular formula is C53H41NSi. The lowest BCUT2D eigenvalue weighted by molar-refractivity contribution is 0.660. The van der Waals surface area contributed by atoms with Crippen LogP contribution >= 0.6 is 0 Å². The van der Waals surface area contributed by atoms with Crippen molar-refractivity contribution < 1.29 is 0 Å². The standard InChI is InChI=1S/C53H41NSi/c1-53(2)45-23-10-9-19-39(45)40-30-29-36(33-46(40)53)51-41-20-7-8-21-42(41)52(54-47-24-11-13-26-49(47)55(3,4)50-27-14-12-25-48(50)54)43-31-28-35(32-44(43)51)38-22-15-17-34-16-5-6-18-37(34)38/h5-33H,1-4H3. The van der Waals surface area contributed by atoms with Crippen LogP contribution in [0.5, 0.6) is 0 Å². The fourth-order valence-corrected chi connectivity index (χ4v) is 13.1. The number of hydrogen-bond acceptors (Lipinski definition) is 1. The first-order chi connectivity index (χ1) is 26.8. The molecule has 0 spiro atoms. The zero-order chi connectivity index (χ0) is 37.1.